The Morgan fingerprint density at radius 1 is 1.31 bits per heavy atom. The van der Waals surface area contributed by atoms with Crippen molar-refractivity contribution in [2.45, 2.75) is 46.1 Å². The van der Waals surface area contributed by atoms with Crippen LogP contribution in [0.2, 0.25) is 0 Å². The van der Waals surface area contributed by atoms with Crippen LogP contribution in [-0.2, 0) is 9.59 Å². The molecule has 1 heterocycles. The van der Waals surface area contributed by atoms with Crippen molar-refractivity contribution >= 4 is 11.8 Å². The van der Waals surface area contributed by atoms with Gasteiger partial charge in [0.25, 0.3) is 0 Å². The van der Waals surface area contributed by atoms with Crippen LogP contribution >= 0.6 is 0 Å². The molecular formula is C12H22N2O2. The highest BCUT2D eigenvalue weighted by molar-refractivity contribution is 6.05. The number of hydrogen-bond donors (Lipinski definition) is 1. The first kappa shape index (κ1) is 13.2. The van der Waals surface area contributed by atoms with E-state index in [9.17, 15) is 9.59 Å². The molecule has 1 aliphatic heterocycles. The van der Waals surface area contributed by atoms with Gasteiger partial charge in [0.2, 0.25) is 11.8 Å². The molecule has 1 rings (SSSR count). The number of amides is 2. The van der Waals surface area contributed by atoms with Crippen LogP contribution in [0.3, 0.4) is 0 Å². The Hall–Kier alpha value is -0.900. The van der Waals surface area contributed by atoms with Crippen molar-refractivity contribution in [1.82, 2.24) is 10.2 Å². The summed E-state index contributed by atoms with van der Waals surface area (Å²) in [5, 5.41) is 3.22. The maximum absolute atomic E-state index is 11.8. The van der Waals surface area contributed by atoms with E-state index >= 15 is 0 Å². The molecule has 0 aromatic rings. The number of rotatable bonds is 6. The van der Waals surface area contributed by atoms with Crippen LogP contribution in [0, 0.1) is 5.92 Å². The molecule has 4 nitrogen and oxygen atoms in total. The predicted molar refractivity (Wildman–Crippen MR) is 62.9 cm³/mol. The third-order valence-corrected chi connectivity index (χ3v) is 3.37. The number of carbonyl (C=O) groups is 2. The molecule has 1 unspecified atom stereocenters. The normalized spacial score (nSPS) is 21.2. The zero-order valence-corrected chi connectivity index (χ0v) is 10.5. The van der Waals surface area contributed by atoms with Gasteiger partial charge in [-0.05, 0) is 19.4 Å². The van der Waals surface area contributed by atoms with E-state index in [1.54, 1.807) is 0 Å². The van der Waals surface area contributed by atoms with E-state index in [0.29, 0.717) is 18.9 Å². The van der Waals surface area contributed by atoms with Gasteiger partial charge in [0, 0.05) is 6.54 Å². The summed E-state index contributed by atoms with van der Waals surface area (Å²) in [6.45, 7) is 7.44. The first-order chi connectivity index (χ1) is 7.63. The molecule has 0 saturated carbocycles. The van der Waals surface area contributed by atoms with Gasteiger partial charge in [-0.15, -0.1) is 0 Å². The zero-order chi connectivity index (χ0) is 12.1. The highest BCUT2D eigenvalue weighted by Crippen LogP contribution is 2.14. The topological polar surface area (TPSA) is 49.4 Å². The van der Waals surface area contributed by atoms with Gasteiger partial charge < -0.3 is 5.32 Å². The summed E-state index contributed by atoms with van der Waals surface area (Å²) in [6.07, 6.45) is 2.54. The average molecular weight is 226 g/mol. The average Bonchev–Trinajstić information content (AvgIpc) is 2.55. The van der Waals surface area contributed by atoms with Crippen LogP contribution in [0.1, 0.15) is 40.0 Å². The number of nitrogens with one attached hydrogen (secondary N) is 1. The third kappa shape index (κ3) is 2.82. The molecular weight excluding hydrogens is 204 g/mol. The van der Waals surface area contributed by atoms with E-state index < -0.39 is 0 Å². The lowest BCUT2D eigenvalue weighted by molar-refractivity contribution is -0.138. The Morgan fingerprint density at radius 2 is 1.94 bits per heavy atom. The van der Waals surface area contributed by atoms with Crippen LogP contribution in [0.25, 0.3) is 0 Å². The Balaban J connectivity index is 2.45. The van der Waals surface area contributed by atoms with Gasteiger partial charge in [-0.2, -0.15) is 0 Å². The summed E-state index contributed by atoms with van der Waals surface area (Å²) in [5.74, 6) is 0.492. The largest absolute Gasteiger partial charge is 0.305 e. The first-order valence-electron chi connectivity index (χ1n) is 6.21. The van der Waals surface area contributed by atoms with Gasteiger partial charge >= 0.3 is 0 Å². The van der Waals surface area contributed by atoms with Gasteiger partial charge in [-0.3, -0.25) is 14.5 Å². The standard InChI is InChI=1S/C12H22N2O2/c1-4-9(5-2)8-13-10-7-11(15)14(6-3)12(10)16/h9-10,13H,4-8H2,1-3H3. The lowest BCUT2D eigenvalue weighted by Gasteiger charge is -2.17. The molecule has 1 N–H and O–H groups in total. The Kier molecular flexibility index (Phi) is 4.93. The summed E-state index contributed by atoms with van der Waals surface area (Å²) < 4.78 is 0. The number of hydrogen-bond acceptors (Lipinski definition) is 3. The number of carbonyl (C=O) groups excluding carboxylic acids is 2. The van der Waals surface area contributed by atoms with Gasteiger partial charge in [0.05, 0.1) is 12.5 Å². The van der Waals surface area contributed by atoms with Crippen molar-refractivity contribution in [3.8, 4) is 0 Å². The maximum Gasteiger partial charge on any atom is 0.246 e. The van der Waals surface area contributed by atoms with Gasteiger partial charge in [0.1, 0.15) is 0 Å². The summed E-state index contributed by atoms with van der Waals surface area (Å²) in [7, 11) is 0. The second kappa shape index (κ2) is 5.99. The van der Waals surface area contributed by atoms with Crippen molar-refractivity contribution in [3.05, 3.63) is 0 Å². The smallest absolute Gasteiger partial charge is 0.246 e. The van der Waals surface area contributed by atoms with Crippen molar-refractivity contribution in [2.75, 3.05) is 13.1 Å². The minimum Gasteiger partial charge on any atom is -0.305 e. The SMILES string of the molecule is CCC(CC)CNC1CC(=O)N(CC)C1=O. The molecule has 0 aromatic carbocycles. The fraction of sp³-hybridized carbons (Fsp3) is 0.833. The fourth-order valence-electron chi connectivity index (χ4n) is 2.06. The highest BCUT2D eigenvalue weighted by Gasteiger charge is 2.37. The molecule has 1 saturated heterocycles. The van der Waals surface area contributed by atoms with Crippen molar-refractivity contribution in [2.24, 2.45) is 5.92 Å². The molecule has 1 atom stereocenters. The molecule has 0 radical (unpaired) electrons. The summed E-state index contributed by atoms with van der Waals surface area (Å²) in [5.41, 5.74) is 0. The Morgan fingerprint density at radius 3 is 2.38 bits per heavy atom. The highest BCUT2D eigenvalue weighted by atomic mass is 16.2. The molecule has 0 spiro atoms. The molecule has 0 aliphatic carbocycles. The second-order valence-electron chi connectivity index (χ2n) is 4.32. The van der Waals surface area contributed by atoms with Crippen LogP contribution in [0.4, 0.5) is 0 Å². The quantitative estimate of drug-likeness (QED) is 0.691. The van der Waals surface area contributed by atoms with Gasteiger partial charge in [-0.25, -0.2) is 0 Å². The second-order valence-corrected chi connectivity index (χ2v) is 4.32. The molecule has 92 valence electrons. The fourth-order valence-corrected chi connectivity index (χ4v) is 2.06. The van der Waals surface area contributed by atoms with Crippen LogP contribution < -0.4 is 5.32 Å². The molecule has 0 bridgehead atoms. The first-order valence-corrected chi connectivity index (χ1v) is 6.21. The minimum atomic E-state index is -0.284. The molecule has 1 aliphatic rings. The molecule has 2 amide bonds. The van der Waals surface area contributed by atoms with E-state index in [-0.39, 0.29) is 17.9 Å². The summed E-state index contributed by atoms with van der Waals surface area (Å²) >= 11 is 0. The predicted octanol–water partition coefficient (Wildman–Crippen LogP) is 1.16. The monoisotopic (exact) mass is 226 g/mol. The van der Waals surface area contributed by atoms with E-state index in [1.165, 1.54) is 4.90 Å². The minimum absolute atomic E-state index is 0.0467. The number of likely N-dealkylation sites (tertiary alicyclic amines) is 1. The van der Waals surface area contributed by atoms with Crippen molar-refractivity contribution < 1.29 is 9.59 Å². The third-order valence-electron chi connectivity index (χ3n) is 3.37. The summed E-state index contributed by atoms with van der Waals surface area (Å²) in [6, 6.07) is -0.284. The van der Waals surface area contributed by atoms with Crippen LogP contribution in [0.5, 0.6) is 0 Å². The molecule has 4 heteroatoms. The van der Waals surface area contributed by atoms with E-state index in [4.69, 9.17) is 0 Å². The van der Waals surface area contributed by atoms with Crippen LogP contribution in [-0.4, -0.2) is 35.8 Å². The van der Waals surface area contributed by atoms with E-state index in [0.717, 1.165) is 19.4 Å². The number of imide groups is 1. The Labute approximate surface area is 97.4 Å². The summed E-state index contributed by atoms with van der Waals surface area (Å²) in [4.78, 5) is 24.6. The maximum atomic E-state index is 11.8. The Bertz CT molecular complexity index is 262. The number of likely N-dealkylation sites (N-methyl/N-ethyl adjacent to an activating group) is 1. The van der Waals surface area contributed by atoms with Crippen LogP contribution in [0.15, 0.2) is 0 Å². The number of nitrogens with zero attached hydrogens (tertiary/aromatic N) is 1. The van der Waals surface area contributed by atoms with E-state index in [1.807, 2.05) is 6.92 Å². The van der Waals surface area contributed by atoms with Crippen molar-refractivity contribution in [3.63, 3.8) is 0 Å². The molecule has 16 heavy (non-hydrogen) atoms. The molecule has 0 aromatic heterocycles. The van der Waals surface area contributed by atoms with Gasteiger partial charge in [0.15, 0.2) is 0 Å². The lowest BCUT2D eigenvalue weighted by Crippen LogP contribution is -2.40. The van der Waals surface area contributed by atoms with Gasteiger partial charge in [-0.1, -0.05) is 26.7 Å². The van der Waals surface area contributed by atoms with Crippen molar-refractivity contribution in [1.29, 1.82) is 0 Å². The van der Waals surface area contributed by atoms with E-state index in [2.05, 4.69) is 19.2 Å². The zero-order valence-electron chi connectivity index (χ0n) is 10.5. The lowest BCUT2D eigenvalue weighted by atomic mass is 10.0. The molecule has 1 fully saturated rings.